The molecule has 1 aromatic heterocycles. The van der Waals surface area contributed by atoms with Crippen molar-refractivity contribution in [2.75, 3.05) is 5.32 Å². The first-order valence-electron chi connectivity index (χ1n) is 12.2. The number of fused-ring (bicyclic) bond motifs is 2. The fraction of sp³-hybridized carbons (Fsp3) is 0.0333. The van der Waals surface area contributed by atoms with Crippen molar-refractivity contribution in [2.24, 2.45) is 7.05 Å². The van der Waals surface area contributed by atoms with Gasteiger partial charge < -0.3 is 19.0 Å². The van der Waals surface area contributed by atoms with Gasteiger partial charge in [-0.3, -0.25) is 22.8 Å². The van der Waals surface area contributed by atoms with E-state index in [2.05, 4.69) is 5.32 Å². The molecule has 1 aliphatic rings. The van der Waals surface area contributed by atoms with Crippen LogP contribution in [0.3, 0.4) is 0 Å². The highest BCUT2D eigenvalue weighted by molar-refractivity contribution is 7.80. The summed E-state index contributed by atoms with van der Waals surface area (Å²) in [6, 6.07) is 21.7. The van der Waals surface area contributed by atoms with Crippen molar-refractivity contribution in [3.05, 3.63) is 118 Å². The number of rotatable bonds is 6. The van der Waals surface area contributed by atoms with Crippen LogP contribution in [0.15, 0.2) is 99.5 Å². The topological polar surface area (TPSA) is 148 Å². The number of ketones is 2. The highest BCUT2D eigenvalue weighted by Gasteiger charge is 2.34. The molecule has 0 saturated heterocycles. The summed E-state index contributed by atoms with van der Waals surface area (Å²) in [7, 11) is 1.52. The summed E-state index contributed by atoms with van der Waals surface area (Å²) < 4.78 is 48.2. The van der Waals surface area contributed by atoms with Gasteiger partial charge in [0.2, 0.25) is 0 Å². The number of anilines is 2. The van der Waals surface area contributed by atoms with Gasteiger partial charge in [0.25, 0.3) is 5.56 Å². The van der Waals surface area contributed by atoms with Crippen LogP contribution in [0.1, 0.15) is 31.8 Å². The summed E-state index contributed by atoms with van der Waals surface area (Å²) in [5, 5.41) is 3.34. The van der Waals surface area contributed by atoms with E-state index in [9.17, 15) is 31.9 Å². The molecule has 0 spiro atoms. The molecule has 6 rings (SSSR count). The minimum absolute atomic E-state index is 0.0433. The van der Waals surface area contributed by atoms with Crippen molar-refractivity contribution in [1.29, 1.82) is 0 Å². The first-order chi connectivity index (χ1) is 19.7. The molecule has 4 aromatic carbocycles. The number of pyridine rings is 1. The van der Waals surface area contributed by atoms with Crippen molar-refractivity contribution in [2.45, 2.75) is 9.79 Å². The lowest BCUT2D eigenvalue weighted by molar-refractivity contribution is 0.102. The molecule has 204 valence electrons. The molecule has 0 bridgehead atoms. The second-order valence-electron chi connectivity index (χ2n) is 9.32. The molecule has 2 atom stereocenters. The zero-order valence-electron chi connectivity index (χ0n) is 21.2. The Morgan fingerprint density at radius 3 is 2.12 bits per heavy atom. The Morgan fingerprint density at radius 2 is 1.44 bits per heavy atom. The molecule has 0 amide bonds. The average molecular weight is 583 g/mol. The summed E-state index contributed by atoms with van der Waals surface area (Å²) in [4.78, 5) is 41.0. The van der Waals surface area contributed by atoms with E-state index in [0.717, 1.165) is 6.07 Å². The van der Waals surface area contributed by atoms with Crippen LogP contribution in [-0.4, -0.2) is 33.7 Å². The second-order valence-corrected chi connectivity index (χ2v) is 11.2. The number of hydrogen-bond donors (Lipinski definition) is 1. The molecule has 1 heterocycles. The lowest BCUT2D eigenvalue weighted by Gasteiger charge is -2.26. The highest BCUT2D eigenvalue weighted by atomic mass is 32.2. The molecular formula is C30H18N2O7S2-2. The molecular weight excluding hydrogens is 564 g/mol. The van der Waals surface area contributed by atoms with E-state index in [1.165, 1.54) is 23.7 Å². The molecule has 0 radical (unpaired) electrons. The van der Waals surface area contributed by atoms with E-state index >= 15 is 0 Å². The Kier molecular flexibility index (Phi) is 6.59. The van der Waals surface area contributed by atoms with Crippen LogP contribution in [0.5, 0.6) is 0 Å². The van der Waals surface area contributed by atoms with E-state index in [0.29, 0.717) is 27.6 Å². The van der Waals surface area contributed by atoms with Crippen molar-refractivity contribution >= 4 is 56.0 Å². The number of nitrogens with zero attached hydrogens (tertiary/aromatic N) is 1. The fourth-order valence-corrected chi connectivity index (χ4v) is 6.20. The SMILES string of the molecule is Cn1c(=O)c(C(=O)c2ccccc2)c2c3c(c(Nc4ccc(S(=O)[O-])cc4S(=O)[O-])ccc31)C(=O)c1ccccc1-2. The van der Waals surface area contributed by atoms with Gasteiger partial charge in [-0.1, -0.05) is 54.6 Å². The zero-order valence-corrected chi connectivity index (χ0v) is 22.8. The van der Waals surface area contributed by atoms with Crippen molar-refractivity contribution in [3.8, 4) is 11.1 Å². The van der Waals surface area contributed by atoms with Gasteiger partial charge >= 0.3 is 0 Å². The third-order valence-electron chi connectivity index (χ3n) is 7.09. The Balaban J connectivity index is 1.68. The van der Waals surface area contributed by atoms with Gasteiger partial charge in [0.15, 0.2) is 11.6 Å². The fourth-order valence-electron chi connectivity index (χ4n) is 5.21. The van der Waals surface area contributed by atoms with Gasteiger partial charge in [-0.15, -0.1) is 0 Å². The Labute approximate surface area is 238 Å². The van der Waals surface area contributed by atoms with Gasteiger partial charge in [-0.05, 0) is 58.1 Å². The Bertz CT molecular complexity index is 2050. The van der Waals surface area contributed by atoms with E-state index in [1.54, 1.807) is 66.7 Å². The Hall–Kier alpha value is -4.55. The van der Waals surface area contributed by atoms with Gasteiger partial charge in [0, 0.05) is 38.9 Å². The minimum Gasteiger partial charge on any atom is -0.768 e. The average Bonchev–Trinajstić information content (AvgIpc) is 2.98. The molecule has 41 heavy (non-hydrogen) atoms. The lowest BCUT2D eigenvalue weighted by atomic mass is 9.80. The number of aromatic nitrogens is 1. The number of benzene rings is 4. The molecule has 2 unspecified atom stereocenters. The largest absolute Gasteiger partial charge is 0.768 e. The number of nitrogens with one attached hydrogen (secondary N) is 1. The lowest BCUT2D eigenvalue weighted by Crippen LogP contribution is -2.29. The highest BCUT2D eigenvalue weighted by Crippen LogP contribution is 2.44. The van der Waals surface area contributed by atoms with Crippen LogP contribution >= 0.6 is 0 Å². The third-order valence-corrected chi connectivity index (χ3v) is 8.42. The molecule has 0 saturated carbocycles. The van der Waals surface area contributed by atoms with Crippen molar-refractivity contribution in [3.63, 3.8) is 0 Å². The van der Waals surface area contributed by atoms with Crippen LogP contribution in [0.25, 0.3) is 22.0 Å². The van der Waals surface area contributed by atoms with Crippen LogP contribution in [-0.2, 0) is 29.2 Å². The number of hydrogen-bond acceptors (Lipinski definition) is 8. The van der Waals surface area contributed by atoms with E-state index < -0.39 is 33.5 Å². The molecule has 1 N–H and O–H groups in total. The maximum absolute atomic E-state index is 14.0. The standard InChI is InChI=1S/C30H20N2O7S2/c1-32-22-14-13-21(31-20-12-11-17(40(36)37)15-23(20)41(38)39)25-26(22)24(18-9-5-6-10-19(18)29(25)34)27(30(32)35)28(33)16-7-3-2-4-8-16/h2-15,31H,1H3,(H,36,37)(H,38,39)/p-2. The van der Waals surface area contributed by atoms with Gasteiger partial charge in [0.1, 0.15) is 0 Å². The van der Waals surface area contributed by atoms with Crippen LogP contribution in [0.4, 0.5) is 11.4 Å². The Morgan fingerprint density at radius 1 is 0.780 bits per heavy atom. The predicted octanol–water partition coefficient (Wildman–Crippen LogP) is 4.20. The molecule has 0 aliphatic heterocycles. The third kappa shape index (κ3) is 4.26. The maximum atomic E-state index is 14.0. The molecule has 5 aromatic rings. The quantitative estimate of drug-likeness (QED) is 0.227. The normalized spacial score (nSPS) is 13.5. The van der Waals surface area contributed by atoms with Crippen LogP contribution in [0.2, 0.25) is 0 Å². The predicted molar refractivity (Wildman–Crippen MR) is 152 cm³/mol. The van der Waals surface area contributed by atoms with Gasteiger partial charge in [-0.2, -0.15) is 0 Å². The monoisotopic (exact) mass is 582 g/mol. The number of aryl methyl sites for hydroxylation is 1. The summed E-state index contributed by atoms with van der Waals surface area (Å²) in [5.74, 6) is -0.887. The second kappa shape index (κ2) is 10.1. The first kappa shape index (κ1) is 26.7. The summed E-state index contributed by atoms with van der Waals surface area (Å²) in [6.07, 6.45) is 0. The summed E-state index contributed by atoms with van der Waals surface area (Å²) in [6.45, 7) is 0. The smallest absolute Gasteiger partial charge is 0.262 e. The van der Waals surface area contributed by atoms with E-state index in [-0.39, 0.29) is 43.6 Å². The number of carbonyl (C=O) groups excluding carboxylic acids is 2. The van der Waals surface area contributed by atoms with Crippen molar-refractivity contribution in [1.82, 2.24) is 4.57 Å². The van der Waals surface area contributed by atoms with Crippen LogP contribution in [0, 0.1) is 0 Å². The maximum Gasteiger partial charge on any atom is 0.262 e. The summed E-state index contributed by atoms with van der Waals surface area (Å²) in [5.41, 5.74) is 1.54. The van der Waals surface area contributed by atoms with Gasteiger partial charge in [0.05, 0.1) is 28.0 Å². The van der Waals surface area contributed by atoms with E-state index in [1.807, 2.05) is 0 Å². The van der Waals surface area contributed by atoms with E-state index in [4.69, 9.17) is 0 Å². The molecule has 1 aliphatic carbocycles. The molecule has 11 heteroatoms. The summed E-state index contributed by atoms with van der Waals surface area (Å²) >= 11 is -5.47. The number of carbonyl (C=O) groups is 2. The zero-order chi connectivity index (χ0) is 29.0. The first-order valence-corrected chi connectivity index (χ1v) is 14.4. The molecule has 0 fully saturated rings. The minimum atomic E-state index is -2.81. The molecule has 9 nitrogen and oxygen atoms in total. The van der Waals surface area contributed by atoms with Crippen LogP contribution < -0.4 is 10.9 Å². The van der Waals surface area contributed by atoms with Crippen molar-refractivity contribution < 1.29 is 27.1 Å². The van der Waals surface area contributed by atoms with Gasteiger partial charge in [-0.25, -0.2) is 0 Å².